The van der Waals surface area contributed by atoms with Crippen LogP contribution < -0.4 is 5.32 Å². The molecule has 5 heteroatoms. The molecule has 16 heavy (non-hydrogen) atoms. The first-order chi connectivity index (χ1) is 7.75. The molecule has 2 N–H and O–H groups in total. The number of imidazole rings is 1. The molecule has 1 unspecified atom stereocenters. The molecule has 0 bridgehead atoms. The number of hydrogen-bond donors (Lipinski definition) is 2. The van der Waals surface area contributed by atoms with Crippen LogP contribution in [0.5, 0.6) is 0 Å². The molecule has 0 aliphatic carbocycles. The Morgan fingerprint density at radius 2 is 2.31 bits per heavy atom. The van der Waals surface area contributed by atoms with E-state index >= 15 is 0 Å². The molecule has 0 aromatic carbocycles. The van der Waals surface area contributed by atoms with Gasteiger partial charge in [0.05, 0.1) is 11.7 Å². The third kappa shape index (κ3) is 2.90. The molecule has 0 saturated carbocycles. The van der Waals surface area contributed by atoms with E-state index in [9.17, 15) is 0 Å². The van der Waals surface area contributed by atoms with Crippen molar-refractivity contribution in [2.75, 3.05) is 0 Å². The third-order valence-electron chi connectivity index (χ3n) is 2.31. The van der Waals surface area contributed by atoms with Crippen LogP contribution in [0.1, 0.15) is 24.5 Å². The molecular formula is C11H13BrN4. The van der Waals surface area contributed by atoms with Crippen LogP contribution in [0.15, 0.2) is 35.2 Å². The average Bonchev–Trinajstić information content (AvgIpc) is 2.81. The predicted octanol–water partition coefficient (Wildman–Crippen LogP) is 2.42. The second kappa shape index (κ2) is 5.23. The van der Waals surface area contributed by atoms with E-state index in [0.29, 0.717) is 0 Å². The van der Waals surface area contributed by atoms with Crippen LogP contribution in [-0.2, 0) is 6.54 Å². The summed E-state index contributed by atoms with van der Waals surface area (Å²) in [4.78, 5) is 11.6. The minimum Gasteiger partial charge on any atom is -0.347 e. The molecule has 0 radical (unpaired) electrons. The molecule has 2 aromatic heterocycles. The summed E-state index contributed by atoms with van der Waals surface area (Å²) in [6.45, 7) is 2.80. The Labute approximate surface area is 103 Å². The molecule has 1 atom stereocenters. The van der Waals surface area contributed by atoms with Gasteiger partial charge in [-0.15, -0.1) is 0 Å². The Bertz CT molecular complexity index is 424. The highest BCUT2D eigenvalue weighted by molar-refractivity contribution is 9.10. The first-order valence-electron chi connectivity index (χ1n) is 5.09. The van der Waals surface area contributed by atoms with Crippen molar-refractivity contribution in [1.82, 2.24) is 20.3 Å². The number of H-pyrrole nitrogens is 1. The highest BCUT2D eigenvalue weighted by atomic mass is 79.9. The Hall–Kier alpha value is -1.20. The number of aromatic amines is 1. The van der Waals surface area contributed by atoms with Gasteiger partial charge < -0.3 is 10.3 Å². The molecule has 0 amide bonds. The summed E-state index contributed by atoms with van der Waals surface area (Å²) in [5, 5.41) is 3.35. The minimum atomic E-state index is 0.195. The number of halogens is 1. The zero-order chi connectivity index (χ0) is 11.4. The van der Waals surface area contributed by atoms with Crippen LogP contribution in [0.2, 0.25) is 0 Å². The fraction of sp³-hybridized carbons (Fsp3) is 0.273. The van der Waals surface area contributed by atoms with E-state index in [2.05, 4.69) is 43.1 Å². The van der Waals surface area contributed by atoms with Gasteiger partial charge in [-0.3, -0.25) is 4.98 Å². The number of pyridine rings is 1. The molecule has 2 heterocycles. The van der Waals surface area contributed by atoms with Gasteiger partial charge in [-0.2, -0.15) is 0 Å². The maximum atomic E-state index is 4.29. The van der Waals surface area contributed by atoms with Crippen molar-refractivity contribution >= 4 is 15.9 Å². The predicted molar refractivity (Wildman–Crippen MR) is 65.8 cm³/mol. The van der Waals surface area contributed by atoms with Gasteiger partial charge in [-0.1, -0.05) is 0 Å². The maximum Gasteiger partial charge on any atom is 0.122 e. The molecule has 4 nitrogen and oxygen atoms in total. The summed E-state index contributed by atoms with van der Waals surface area (Å²) in [5.41, 5.74) is 1.02. The number of aromatic nitrogens is 3. The zero-order valence-corrected chi connectivity index (χ0v) is 10.5. The van der Waals surface area contributed by atoms with Crippen LogP contribution in [0, 0.1) is 0 Å². The van der Waals surface area contributed by atoms with Gasteiger partial charge in [0.15, 0.2) is 0 Å². The second-order valence-electron chi connectivity index (χ2n) is 3.54. The van der Waals surface area contributed by atoms with E-state index < -0.39 is 0 Å². The largest absolute Gasteiger partial charge is 0.347 e. The van der Waals surface area contributed by atoms with Crippen molar-refractivity contribution in [3.63, 3.8) is 0 Å². The van der Waals surface area contributed by atoms with Crippen molar-refractivity contribution in [3.05, 3.63) is 46.7 Å². The SMILES string of the molecule is CC(NCc1ccc(Br)cn1)c1ncc[nH]1. The number of nitrogens with one attached hydrogen (secondary N) is 2. The Kier molecular flexibility index (Phi) is 3.69. The standard InChI is InChI=1S/C11H13BrN4/c1-8(11-13-4-5-14-11)15-7-10-3-2-9(12)6-16-10/h2-6,8,15H,7H2,1H3,(H,13,14). The molecule has 2 rings (SSSR count). The molecule has 2 aromatic rings. The number of nitrogens with zero attached hydrogens (tertiary/aromatic N) is 2. The van der Waals surface area contributed by atoms with E-state index in [1.165, 1.54) is 0 Å². The summed E-state index contributed by atoms with van der Waals surface area (Å²) in [6.07, 6.45) is 5.38. The lowest BCUT2D eigenvalue weighted by Crippen LogP contribution is -2.19. The molecule has 84 valence electrons. The van der Waals surface area contributed by atoms with Crippen LogP contribution in [0.4, 0.5) is 0 Å². The van der Waals surface area contributed by atoms with Gasteiger partial charge >= 0.3 is 0 Å². The monoisotopic (exact) mass is 280 g/mol. The highest BCUT2D eigenvalue weighted by Gasteiger charge is 2.06. The molecule has 0 saturated heterocycles. The minimum absolute atomic E-state index is 0.195. The van der Waals surface area contributed by atoms with Crippen molar-refractivity contribution in [2.24, 2.45) is 0 Å². The van der Waals surface area contributed by atoms with Gasteiger partial charge in [-0.05, 0) is 35.0 Å². The van der Waals surface area contributed by atoms with Crippen molar-refractivity contribution in [3.8, 4) is 0 Å². The Balaban J connectivity index is 1.90. The summed E-state index contributed by atoms with van der Waals surface area (Å²) < 4.78 is 0.996. The highest BCUT2D eigenvalue weighted by Crippen LogP contribution is 2.09. The molecule has 0 aliphatic heterocycles. The summed E-state index contributed by atoms with van der Waals surface area (Å²) >= 11 is 3.36. The molecular weight excluding hydrogens is 268 g/mol. The number of hydrogen-bond acceptors (Lipinski definition) is 3. The topological polar surface area (TPSA) is 53.6 Å². The summed E-state index contributed by atoms with van der Waals surface area (Å²) in [6, 6.07) is 4.17. The first-order valence-corrected chi connectivity index (χ1v) is 5.88. The van der Waals surface area contributed by atoms with Crippen LogP contribution in [0.3, 0.4) is 0 Å². The van der Waals surface area contributed by atoms with Crippen LogP contribution >= 0.6 is 15.9 Å². The third-order valence-corrected chi connectivity index (χ3v) is 2.78. The average molecular weight is 281 g/mol. The Morgan fingerprint density at radius 3 is 2.94 bits per heavy atom. The normalized spacial score (nSPS) is 12.6. The van der Waals surface area contributed by atoms with Crippen molar-refractivity contribution < 1.29 is 0 Å². The summed E-state index contributed by atoms with van der Waals surface area (Å²) in [5.74, 6) is 0.942. The number of rotatable bonds is 4. The van der Waals surface area contributed by atoms with Crippen molar-refractivity contribution in [2.45, 2.75) is 19.5 Å². The molecule has 0 spiro atoms. The van der Waals surface area contributed by atoms with Crippen molar-refractivity contribution in [1.29, 1.82) is 0 Å². The van der Waals surface area contributed by atoms with Crippen LogP contribution in [0.25, 0.3) is 0 Å². The lowest BCUT2D eigenvalue weighted by molar-refractivity contribution is 0.545. The fourth-order valence-electron chi connectivity index (χ4n) is 1.38. The van der Waals surface area contributed by atoms with Gasteiger partial charge in [-0.25, -0.2) is 4.98 Å². The maximum absolute atomic E-state index is 4.29. The quantitative estimate of drug-likeness (QED) is 0.905. The van der Waals surface area contributed by atoms with E-state index in [-0.39, 0.29) is 6.04 Å². The van der Waals surface area contributed by atoms with Gasteiger partial charge in [0.1, 0.15) is 5.82 Å². The van der Waals surface area contributed by atoms with Crippen LogP contribution in [-0.4, -0.2) is 15.0 Å². The van der Waals surface area contributed by atoms with Gasteiger partial charge in [0.25, 0.3) is 0 Å². The van der Waals surface area contributed by atoms with E-state index in [4.69, 9.17) is 0 Å². The van der Waals surface area contributed by atoms with Gasteiger partial charge in [0.2, 0.25) is 0 Å². The first kappa shape index (κ1) is 11.3. The smallest absolute Gasteiger partial charge is 0.122 e. The molecule has 0 aliphatic rings. The Morgan fingerprint density at radius 1 is 1.44 bits per heavy atom. The lowest BCUT2D eigenvalue weighted by Gasteiger charge is -2.10. The lowest BCUT2D eigenvalue weighted by atomic mass is 10.3. The van der Waals surface area contributed by atoms with Gasteiger partial charge in [0, 0.05) is 29.6 Å². The summed E-state index contributed by atoms with van der Waals surface area (Å²) in [7, 11) is 0. The van der Waals surface area contributed by atoms with E-state index in [1.807, 2.05) is 18.3 Å². The zero-order valence-electron chi connectivity index (χ0n) is 8.94. The van der Waals surface area contributed by atoms with E-state index in [1.54, 1.807) is 12.4 Å². The van der Waals surface area contributed by atoms with E-state index in [0.717, 1.165) is 22.5 Å². The molecule has 0 fully saturated rings. The second-order valence-corrected chi connectivity index (χ2v) is 4.46. The fourth-order valence-corrected chi connectivity index (χ4v) is 1.61.